The normalized spacial score (nSPS) is 23.6. The summed E-state index contributed by atoms with van der Waals surface area (Å²) in [6.07, 6.45) is 4.40. The van der Waals surface area contributed by atoms with Crippen molar-refractivity contribution in [2.24, 2.45) is 5.92 Å². The number of benzene rings is 3. The van der Waals surface area contributed by atoms with Crippen molar-refractivity contribution in [2.45, 2.75) is 57.5 Å². The van der Waals surface area contributed by atoms with E-state index >= 15 is 0 Å². The number of ether oxygens (including phenoxy) is 2. The molecule has 0 radical (unpaired) electrons. The zero-order chi connectivity index (χ0) is 31.2. The summed E-state index contributed by atoms with van der Waals surface area (Å²) in [5.41, 5.74) is 6.42. The molecule has 1 aromatic heterocycles. The molecule has 0 saturated carbocycles. The van der Waals surface area contributed by atoms with E-state index in [1.165, 1.54) is 0 Å². The SMILES string of the molecule is C[C@@H]1[C@H](CN2CCC[C@H]2CO)O[C@H](c2cccc(-c3cccc(CNC(=O)c4cccnc4)c3)c2)O[C@@H]1c1ccc(CO)cc1. The van der Waals surface area contributed by atoms with Crippen LogP contribution in [0.15, 0.2) is 97.3 Å². The fourth-order valence-corrected chi connectivity index (χ4v) is 6.41. The Balaban J connectivity index is 1.23. The van der Waals surface area contributed by atoms with Gasteiger partial charge in [-0.1, -0.05) is 67.6 Å². The van der Waals surface area contributed by atoms with Crippen LogP contribution in [0.3, 0.4) is 0 Å². The van der Waals surface area contributed by atoms with Crippen LogP contribution in [0, 0.1) is 5.92 Å². The number of pyridine rings is 1. The van der Waals surface area contributed by atoms with Gasteiger partial charge in [0.1, 0.15) is 0 Å². The molecular formula is C37H41N3O5. The first kappa shape index (κ1) is 31.1. The standard InChI is InChI=1S/C37H41N3O5/c1-25-34(22-40-17-5-11-33(40)24-42)44-37(45-35(25)28-14-12-26(23-41)13-15-28)31-9-3-8-30(19-31)29-7-2-6-27(18-29)20-39-36(43)32-10-4-16-38-21-32/h2-4,6-10,12-16,18-19,21,25,33-35,37,41-42H,5,11,17,20,22-24H2,1H3,(H,39,43)/t25-,33+,34+,35+,37+/m1/s1. The van der Waals surface area contributed by atoms with E-state index in [1.807, 2.05) is 48.5 Å². The molecule has 2 aliphatic rings. The number of aliphatic hydroxyl groups is 2. The maximum atomic E-state index is 12.5. The predicted octanol–water partition coefficient (Wildman–Crippen LogP) is 5.42. The van der Waals surface area contributed by atoms with Crippen LogP contribution < -0.4 is 5.32 Å². The summed E-state index contributed by atoms with van der Waals surface area (Å²) in [6.45, 7) is 4.40. The Bertz CT molecular complexity index is 1560. The summed E-state index contributed by atoms with van der Waals surface area (Å²) in [6, 6.07) is 28.0. The number of amides is 1. The minimum atomic E-state index is -0.578. The average Bonchev–Trinajstić information content (AvgIpc) is 3.56. The number of carbonyl (C=O) groups is 1. The van der Waals surface area contributed by atoms with E-state index in [0.717, 1.165) is 59.3 Å². The van der Waals surface area contributed by atoms with Gasteiger partial charge in [-0.05, 0) is 71.5 Å². The van der Waals surface area contributed by atoms with Gasteiger partial charge >= 0.3 is 0 Å². The van der Waals surface area contributed by atoms with Gasteiger partial charge in [0.25, 0.3) is 5.91 Å². The molecule has 0 bridgehead atoms. The van der Waals surface area contributed by atoms with Crippen LogP contribution in [0.25, 0.3) is 11.1 Å². The van der Waals surface area contributed by atoms with Gasteiger partial charge in [0.15, 0.2) is 6.29 Å². The number of nitrogens with zero attached hydrogens (tertiary/aromatic N) is 2. The number of hydrogen-bond acceptors (Lipinski definition) is 7. The summed E-state index contributed by atoms with van der Waals surface area (Å²) < 4.78 is 13.4. The molecule has 6 rings (SSSR count). The van der Waals surface area contributed by atoms with Gasteiger partial charge in [-0.2, -0.15) is 0 Å². The number of likely N-dealkylation sites (tertiary alicyclic amines) is 1. The first-order valence-electron chi connectivity index (χ1n) is 15.8. The van der Waals surface area contributed by atoms with Crippen LogP contribution in [0.1, 0.15) is 64.8 Å². The van der Waals surface area contributed by atoms with Gasteiger partial charge in [-0.3, -0.25) is 14.7 Å². The molecule has 45 heavy (non-hydrogen) atoms. The molecule has 2 aliphatic heterocycles. The van der Waals surface area contributed by atoms with E-state index < -0.39 is 6.29 Å². The lowest BCUT2D eigenvalue weighted by Crippen LogP contribution is -2.46. The number of aromatic nitrogens is 1. The lowest BCUT2D eigenvalue weighted by Gasteiger charge is -2.43. The molecule has 3 heterocycles. The molecule has 0 aliphatic carbocycles. The van der Waals surface area contributed by atoms with Crippen molar-refractivity contribution in [1.82, 2.24) is 15.2 Å². The van der Waals surface area contributed by atoms with E-state index in [-0.39, 0.29) is 43.3 Å². The fourth-order valence-electron chi connectivity index (χ4n) is 6.41. The molecule has 2 saturated heterocycles. The van der Waals surface area contributed by atoms with E-state index in [0.29, 0.717) is 12.1 Å². The van der Waals surface area contributed by atoms with Crippen molar-refractivity contribution in [3.63, 3.8) is 0 Å². The summed E-state index contributed by atoms with van der Waals surface area (Å²) in [5.74, 6) is -0.0893. The Morgan fingerprint density at radius 2 is 1.73 bits per heavy atom. The Labute approximate surface area is 264 Å². The number of hydrogen-bond donors (Lipinski definition) is 3. The molecule has 3 aromatic carbocycles. The average molecular weight is 608 g/mol. The Morgan fingerprint density at radius 1 is 0.933 bits per heavy atom. The van der Waals surface area contributed by atoms with Gasteiger partial charge in [-0.15, -0.1) is 0 Å². The van der Waals surface area contributed by atoms with E-state index in [1.54, 1.807) is 24.5 Å². The second-order valence-corrected chi connectivity index (χ2v) is 12.0. The van der Waals surface area contributed by atoms with Gasteiger partial charge in [0.05, 0.1) is 31.0 Å². The maximum absolute atomic E-state index is 12.5. The molecular weight excluding hydrogens is 566 g/mol. The highest BCUT2D eigenvalue weighted by Gasteiger charge is 2.40. The van der Waals surface area contributed by atoms with Gasteiger partial charge < -0.3 is 25.0 Å². The van der Waals surface area contributed by atoms with Crippen molar-refractivity contribution < 1.29 is 24.5 Å². The summed E-state index contributed by atoms with van der Waals surface area (Å²) in [5, 5.41) is 22.5. The highest BCUT2D eigenvalue weighted by molar-refractivity contribution is 5.93. The van der Waals surface area contributed by atoms with Crippen molar-refractivity contribution >= 4 is 5.91 Å². The lowest BCUT2D eigenvalue weighted by atomic mass is 9.89. The van der Waals surface area contributed by atoms with Crippen LogP contribution in [0.2, 0.25) is 0 Å². The van der Waals surface area contributed by atoms with Crippen LogP contribution in [-0.4, -0.2) is 57.8 Å². The number of carbonyl (C=O) groups excluding carboxylic acids is 1. The largest absolute Gasteiger partial charge is 0.395 e. The second-order valence-electron chi connectivity index (χ2n) is 12.0. The first-order chi connectivity index (χ1) is 22.0. The molecule has 1 amide bonds. The third-order valence-corrected chi connectivity index (χ3v) is 9.04. The monoisotopic (exact) mass is 607 g/mol. The molecule has 2 fully saturated rings. The first-order valence-corrected chi connectivity index (χ1v) is 15.8. The topological polar surface area (TPSA) is 104 Å². The Morgan fingerprint density at radius 3 is 2.49 bits per heavy atom. The van der Waals surface area contributed by atoms with Crippen molar-refractivity contribution in [2.75, 3.05) is 19.7 Å². The summed E-state index contributed by atoms with van der Waals surface area (Å²) in [7, 11) is 0. The molecule has 3 N–H and O–H groups in total. The smallest absolute Gasteiger partial charge is 0.253 e. The zero-order valence-electron chi connectivity index (χ0n) is 25.6. The number of aliphatic hydroxyl groups excluding tert-OH is 2. The Hall–Kier alpha value is -3.92. The van der Waals surface area contributed by atoms with Crippen LogP contribution in [0.5, 0.6) is 0 Å². The summed E-state index contributed by atoms with van der Waals surface area (Å²) >= 11 is 0. The van der Waals surface area contributed by atoms with E-state index in [9.17, 15) is 15.0 Å². The van der Waals surface area contributed by atoms with Crippen molar-refractivity contribution in [1.29, 1.82) is 0 Å². The quantitative estimate of drug-likeness (QED) is 0.221. The highest BCUT2D eigenvalue weighted by Crippen LogP contribution is 2.43. The van der Waals surface area contributed by atoms with Crippen LogP contribution in [0.4, 0.5) is 0 Å². The minimum Gasteiger partial charge on any atom is -0.395 e. The molecule has 4 aromatic rings. The van der Waals surface area contributed by atoms with E-state index in [4.69, 9.17) is 9.47 Å². The molecule has 234 valence electrons. The number of rotatable bonds is 10. The van der Waals surface area contributed by atoms with Gasteiger partial charge in [0.2, 0.25) is 0 Å². The maximum Gasteiger partial charge on any atom is 0.253 e. The molecule has 0 unspecified atom stereocenters. The minimum absolute atomic E-state index is 0.00189. The zero-order valence-corrected chi connectivity index (χ0v) is 25.6. The third-order valence-electron chi connectivity index (χ3n) is 9.04. The Kier molecular flexibility index (Phi) is 9.98. The van der Waals surface area contributed by atoms with E-state index in [2.05, 4.69) is 46.4 Å². The predicted molar refractivity (Wildman–Crippen MR) is 172 cm³/mol. The third kappa shape index (κ3) is 7.32. The van der Waals surface area contributed by atoms with Crippen molar-refractivity contribution in [3.05, 3.63) is 125 Å². The van der Waals surface area contributed by atoms with Gasteiger partial charge in [-0.25, -0.2) is 0 Å². The van der Waals surface area contributed by atoms with Crippen LogP contribution >= 0.6 is 0 Å². The molecule has 0 spiro atoms. The van der Waals surface area contributed by atoms with Crippen LogP contribution in [-0.2, 0) is 22.6 Å². The summed E-state index contributed by atoms with van der Waals surface area (Å²) in [4.78, 5) is 18.9. The molecule has 8 nitrogen and oxygen atoms in total. The second kappa shape index (κ2) is 14.5. The van der Waals surface area contributed by atoms with Crippen molar-refractivity contribution in [3.8, 4) is 11.1 Å². The fraction of sp³-hybridized carbons (Fsp3) is 0.351. The highest BCUT2D eigenvalue weighted by atomic mass is 16.7. The lowest BCUT2D eigenvalue weighted by molar-refractivity contribution is -0.276. The molecule has 5 atom stereocenters. The molecule has 8 heteroatoms. The van der Waals surface area contributed by atoms with Gasteiger partial charge in [0, 0.05) is 43.0 Å². The number of nitrogens with one attached hydrogen (secondary N) is 1.